The van der Waals surface area contributed by atoms with Gasteiger partial charge in [-0.15, -0.1) is 6.58 Å². The van der Waals surface area contributed by atoms with Gasteiger partial charge in [0, 0.05) is 10.9 Å². The van der Waals surface area contributed by atoms with E-state index in [9.17, 15) is 0 Å². The van der Waals surface area contributed by atoms with E-state index in [1.807, 2.05) is 19.1 Å². The van der Waals surface area contributed by atoms with E-state index in [1.165, 1.54) is 36.8 Å². The maximum Gasteiger partial charge on any atom is 0.138 e. The molecule has 4 rings (SSSR count). The van der Waals surface area contributed by atoms with Crippen LogP contribution >= 0.6 is 0 Å². The number of halogens is 1. The van der Waals surface area contributed by atoms with Crippen LogP contribution in [0.4, 0.5) is 4.39 Å². The Labute approximate surface area is 180 Å². The van der Waals surface area contributed by atoms with Gasteiger partial charge in [-0.2, -0.15) is 0 Å². The summed E-state index contributed by atoms with van der Waals surface area (Å²) in [5, 5.41) is 1.68. The van der Waals surface area contributed by atoms with Crippen molar-refractivity contribution in [2.45, 2.75) is 51.4 Å². The third-order valence-electron chi connectivity index (χ3n) is 6.65. The van der Waals surface area contributed by atoms with Gasteiger partial charge in [0.15, 0.2) is 0 Å². The molecule has 3 aromatic rings. The molecule has 1 aliphatic carbocycles. The predicted octanol–water partition coefficient (Wildman–Crippen LogP) is 8.61. The molecule has 0 radical (unpaired) electrons. The summed E-state index contributed by atoms with van der Waals surface area (Å²) >= 11 is 0. The van der Waals surface area contributed by atoms with Gasteiger partial charge in [0.1, 0.15) is 5.82 Å². The van der Waals surface area contributed by atoms with Gasteiger partial charge in [0.2, 0.25) is 0 Å². The highest BCUT2D eigenvalue weighted by molar-refractivity contribution is 5.88. The number of rotatable bonds is 6. The Hall–Kier alpha value is -2.67. The van der Waals surface area contributed by atoms with Crippen LogP contribution in [0.3, 0.4) is 0 Å². The van der Waals surface area contributed by atoms with Gasteiger partial charge in [-0.25, -0.2) is 4.39 Å². The summed E-state index contributed by atoms with van der Waals surface area (Å²) in [6.45, 7) is 5.98. The van der Waals surface area contributed by atoms with Gasteiger partial charge in [0.05, 0.1) is 0 Å². The molecule has 0 bridgehead atoms. The van der Waals surface area contributed by atoms with Crippen molar-refractivity contribution in [3.63, 3.8) is 0 Å². The van der Waals surface area contributed by atoms with Gasteiger partial charge in [-0.3, -0.25) is 0 Å². The molecule has 0 unspecified atom stereocenters. The SMILES string of the molecule is C=CC1CCC(c2ccc(-c3ccc4cc(CC/C=C/C)ccc4c3F)cc2)CC1. The van der Waals surface area contributed by atoms with E-state index in [0.29, 0.717) is 22.8 Å². The summed E-state index contributed by atoms with van der Waals surface area (Å²) in [5.41, 5.74) is 4.28. The fourth-order valence-corrected chi connectivity index (χ4v) is 4.76. The highest BCUT2D eigenvalue weighted by Crippen LogP contribution is 2.37. The van der Waals surface area contributed by atoms with Crippen LogP contribution in [0.25, 0.3) is 21.9 Å². The summed E-state index contributed by atoms with van der Waals surface area (Å²) in [7, 11) is 0. The molecule has 0 atom stereocenters. The molecule has 0 amide bonds. The summed E-state index contributed by atoms with van der Waals surface area (Å²) in [5.74, 6) is 1.18. The highest BCUT2D eigenvalue weighted by atomic mass is 19.1. The van der Waals surface area contributed by atoms with Crippen LogP contribution in [0.15, 0.2) is 79.4 Å². The fraction of sp³-hybridized carbons (Fsp3) is 0.310. The maximum atomic E-state index is 15.3. The highest BCUT2D eigenvalue weighted by Gasteiger charge is 2.20. The summed E-state index contributed by atoms with van der Waals surface area (Å²) in [6, 6.07) is 18.7. The van der Waals surface area contributed by atoms with Gasteiger partial charge in [-0.1, -0.05) is 72.8 Å². The van der Waals surface area contributed by atoms with E-state index < -0.39 is 0 Å². The van der Waals surface area contributed by atoms with Crippen molar-refractivity contribution in [2.24, 2.45) is 5.92 Å². The summed E-state index contributed by atoms with van der Waals surface area (Å²) in [4.78, 5) is 0. The minimum absolute atomic E-state index is 0.119. The lowest BCUT2D eigenvalue weighted by Gasteiger charge is -2.27. The van der Waals surface area contributed by atoms with Crippen molar-refractivity contribution in [3.05, 3.63) is 96.3 Å². The van der Waals surface area contributed by atoms with Crippen LogP contribution in [-0.4, -0.2) is 0 Å². The van der Waals surface area contributed by atoms with E-state index in [4.69, 9.17) is 0 Å². The standard InChI is InChI=1S/C29H31F/c1-3-5-6-7-22-10-18-28-26(20-22)17-19-27(29(28)30)25-15-13-24(14-16-25)23-11-8-21(4-2)9-12-23/h3-5,10,13-21,23H,2,6-9,11-12H2,1H3/b5-3+. The average molecular weight is 399 g/mol. The lowest BCUT2D eigenvalue weighted by atomic mass is 9.78. The molecule has 3 aromatic carbocycles. The number of fused-ring (bicyclic) bond motifs is 1. The molecular formula is C29H31F. The first-order chi connectivity index (χ1) is 14.7. The van der Waals surface area contributed by atoms with Crippen molar-refractivity contribution in [2.75, 3.05) is 0 Å². The van der Waals surface area contributed by atoms with Crippen LogP contribution < -0.4 is 0 Å². The lowest BCUT2D eigenvalue weighted by Crippen LogP contribution is -2.11. The average Bonchev–Trinajstić information content (AvgIpc) is 2.80. The third kappa shape index (κ3) is 4.41. The Bertz CT molecular complexity index is 1030. The summed E-state index contributed by atoms with van der Waals surface area (Å²) in [6.07, 6.45) is 13.2. The fourth-order valence-electron chi connectivity index (χ4n) is 4.76. The quantitative estimate of drug-likeness (QED) is 0.365. The Kier molecular flexibility index (Phi) is 6.47. The smallest absolute Gasteiger partial charge is 0.138 e. The van der Waals surface area contributed by atoms with Crippen molar-refractivity contribution in [1.82, 2.24) is 0 Å². The molecule has 1 saturated carbocycles. The van der Waals surface area contributed by atoms with Crippen molar-refractivity contribution in [3.8, 4) is 11.1 Å². The van der Waals surface area contributed by atoms with Crippen molar-refractivity contribution < 1.29 is 4.39 Å². The van der Waals surface area contributed by atoms with Gasteiger partial charge in [-0.05, 0) is 79.4 Å². The Morgan fingerprint density at radius 3 is 2.43 bits per heavy atom. The topological polar surface area (TPSA) is 0 Å². The zero-order chi connectivity index (χ0) is 20.9. The molecule has 0 aromatic heterocycles. The normalized spacial score (nSPS) is 19.4. The Morgan fingerprint density at radius 1 is 0.967 bits per heavy atom. The van der Waals surface area contributed by atoms with Gasteiger partial charge >= 0.3 is 0 Å². The molecule has 0 N–H and O–H groups in total. The van der Waals surface area contributed by atoms with Gasteiger partial charge in [0.25, 0.3) is 0 Å². The van der Waals surface area contributed by atoms with Crippen LogP contribution in [0.2, 0.25) is 0 Å². The first-order valence-electron chi connectivity index (χ1n) is 11.2. The van der Waals surface area contributed by atoms with Crippen LogP contribution in [0.5, 0.6) is 0 Å². The lowest BCUT2D eigenvalue weighted by molar-refractivity contribution is 0.376. The van der Waals surface area contributed by atoms with E-state index in [1.54, 1.807) is 0 Å². The molecule has 154 valence electrons. The maximum absolute atomic E-state index is 15.3. The number of hydrogen-bond donors (Lipinski definition) is 0. The molecular weight excluding hydrogens is 367 g/mol. The molecule has 1 aliphatic rings. The largest absolute Gasteiger partial charge is 0.206 e. The number of benzene rings is 3. The third-order valence-corrected chi connectivity index (χ3v) is 6.65. The molecule has 0 saturated heterocycles. The molecule has 0 spiro atoms. The number of allylic oxidation sites excluding steroid dienone is 3. The zero-order valence-electron chi connectivity index (χ0n) is 17.9. The van der Waals surface area contributed by atoms with Crippen LogP contribution in [-0.2, 0) is 6.42 Å². The zero-order valence-corrected chi connectivity index (χ0v) is 17.9. The molecule has 0 heterocycles. The van der Waals surface area contributed by atoms with Gasteiger partial charge < -0.3 is 0 Å². The van der Waals surface area contributed by atoms with E-state index >= 15 is 4.39 Å². The molecule has 1 fully saturated rings. The first-order valence-corrected chi connectivity index (χ1v) is 11.2. The van der Waals surface area contributed by atoms with Crippen LogP contribution in [0, 0.1) is 11.7 Å². The second-order valence-electron chi connectivity index (χ2n) is 8.56. The van der Waals surface area contributed by atoms with E-state index in [-0.39, 0.29) is 5.82 Å². The number of hydrogen-bond acceptors (Lipinski definition) is 0. The molecule has 1 heteroatoms. The van der Waals surface area contributed by atoms with E-state index in [0.717, 1.165) is 23.8 Å². The molecule has 30 heavy (non-hydrogen) atoms. The Balaban J connectivity index is 1.54. The minimum Gasteiger partial charge on any atom is -0.206 e. The van der Waals surface area contributed by atoms with Crippen LogP contribution in [0.1, 0.15) is 56.1 Å². The Morgan fingerprint density at radius 2 is 1.73 bits per heavy atom. The number of aryl methyl sites for hydroxylation is 1. The second kappa shape index (κ2) is 9.43. The minimum atomic E-state index is -0.119. The second-order valence-corrected chi connectivity index (χ2v) is 8.56. The molecule has 0 aliphatic heterocycles. The van der Waals surface area contributed by atoms with Crippen molar-refractivity contribution >= 4 is 10.8 Å². The first kappa shape index (κ1) is 20.6. The predicted molar refractivity (Wildman–Crippen MR) is 127 cm³/mol. The summed E-state index contributed by atoms with van der Waals surface area (Å²) < 4.78 is 15.3. The van der Waals surface area contributed by atoms with E-state index in [2.05, 4.69) is 67.3 Å². The van der Waals surface area contributed by atoms with Crippen molar-refractivity contribution in [1.29, 1.82) is 0 Å². The molecule has 0 nitrogen and oxygen atoms in total. The monoisotopic (exact) mass is 398 g/mol.